The second-order valence-electron chi connectivity index (χ2n) is 7.74. The average molecular weight is 515 g/mol. The Morgan fingerprint density at radius 3 is 2.30 bits per heavy atom. The van der Waals surface area contributed by atoms with E-state index < -0.39 is 0 Å². The van der Waals surface area contributed by atoms with Crippen molar-refractivity contribution in [3.05, 3.63) is 0 Å². The zero-order chi connectivity index (χ0) is 18.8. The van der Waals surface area contributed by atoms with Crippen LogP contribution in [0.15, 0.2) is 4.99 Å². The smallest absolute Gasteiger partial charge is 0.191 e. The van der Waals surface area contributed by atoms with Gasteiger partial charge in [0.1, 0.15) is 0 Å². The summed E-state index contributed by atoms with van der Waals surface area (Å²) >= 11 is 1.95. The molecule has 0 amide bonds. The predicted molar refractivity (Wildman–Crippen MR) is 127 cm³/mol. The molecule has 1 atom stereocenters. The van der Waals surface area contributed by atoms with Crippen molar-refractivity contribution in [3.8, 4) is 0 Å². The fraction of sp³-hybridized carbons (Fsp3) is 0.947. The Morgan fingerprint density at radius 2 is 1.74 bits per heavy atom. The minimum absolute atomic E-state index is 0. The molecule has 27 heavy (non-hydrogen) atoms. The van der Waals surface area contributed by atoms with Crippen LogP contribution in [0.25, 0.3) is 0 Å². The summed E-state index contributed by atoms with van der Waals surface area (Å²) in [5.41, 5.74) is 0. The number of ether oxygens (including phenoxy) is 2. The van der Waals surface area contributed by atoms with Crippen molar-refractivity contribution >= 4 is 41.7 Å². The first-order chi connectivity index (χ1) is 12.6. The van der Waals surface area contributed by atoms with Crippen LogP contribution in [-0.2, 0) is 9.47 Å². The molecule has 2 heterocycles. The monoisotopic (exact) mass is 514 g/mol. The molecule has 2 saturated heterocycles. The molecule has 2 aliphatic heterocycles. The van der Waals surface area contributed by atoms with Crippen LogP contribution in [0.5, 0.6) is 0 Å². The third-order valence-electron chi connectivity index (χ3n) is 5.45. The minimum Gasteiger partial charge on any atom is -0.381 e. The minimum atomic E-state index is 0. The van der Waals surface area contributed by atoms with Crippen LogP contribution in [0.2, 0.25) is 0 Å². The highest BCUT2D eigenvalue weighted by Crippen LogP contribution is 2.32. The SMILES string of the molecule is CN=C(NCC(CC(C)C)N1CCOCC1)NCC1(SC)CCOCC1.I. The van der Waals surface area contributed by atoms with Crippen LogP contribution in [0, 0.1) is 5.92 Å². The van der Waals surface area contributed by atoms with Crippen LogP contribution in [-0.4, -0.2) is 87.6 Å². The molecule has 0 spiro atoms. The quantitative estimate of drug-likeness (QED) is 0.295. The summed E-state index contributed by atoms with van der Waals surface area (Å²) in [6.07, 6.45) is 5.60. The largest absolute Gasteiger partial charge is 0.381 e. The van der Waals surface area contributed by atoms with E-state index in [9.17, 15) is 0 Å². The van der Waals surface area contributed by atoms with Gasteiger partial charge in [-0.25, -0.2) is 0 Å². The number of hydrogen-bond donors (Lipinski definition) is 2. The molecule has 1 unspecified atom stereocenters. The van der Waals surface area contributed by atoms with E-state index in [0.29, 0.717) is 12.0 Å². The lowest BCUT2D eigenvalue weighted by molar-refractivity contribution is 0.0132. The summed E-state index contributed by atoms with van der Waals surface area (Å²) in [7, 11) is 1.86. The maximum absolute atomic E-state index is 5.54. The lowest BCUT2D eigenvalue weighted by Gasteiger charge is -2.37. The van der Waals surface area contributed by atoms with E-state index in [4.69, 9.17) is 9.47 Å². The van der Waals surface area contributed by atoms with Gasteiger partial charge in [-0.05, 0) is 31.4 Å². The molecule has 0 aromatic rings. The highest BCUT2D eigenvalue weighted by atomic mass is 127. The molecule has 0 aliphatic carbocycles. The maximum Gasteiger partial charge on any atom is 0.191 e. The van der Waals surface area contributed by atoms with Gasteiger partial charge in [0.25, 0.3) is 0 Å². The van der Waals surface area contributed by atoms with Gasteiger partial charge in [0.05, 0.1) is 13.2 Å². The Bertz CT molecular complexity index is 428. The van der Waals surface area contributed by atoms with Gasteiger partial charge in [0, 0.05) is 57.2 Å². The van der Waals surface area contributed by atoms with Gasteiger partial charge in [-0.3, -0.25) is 9.89 Å². The normalized spacial score (nSPS) is 22.2. The number of rotatable bonds is 8. The van der Waals surface area contributed by atoms with Crippen LogP contribution < -0.4 is 10.6 Å². The number of hydrogen-bond acceptors (Lipinski definition) is 5. The summed E-state index contributed by atoms with van der Waals surface area (Å²) < 4.78 is 11.3. The molecule has 6 nitrogen and oxygen atoms in total. The van der Waals surface area contributed by atoms with Gasteiger partial charge in [0.2, 0.25) is 0 Å². The molecule has 2 aliphatic rings. The van der Waals surface area contributed by atoms with E-state index in [1.807, 2.05) is 18.8 Å². The molecular weight excluding hydrogens is 475 g/mol. The molecule has 8 heteroatoms. The standard InChI is InChI=1S/C19H38N4O2S.HI/c1-16(2)13-17(23-7-11-25-12-8-23)14-21-18(20-3)22-15-19(26-4)5-9-24-10-6-19;/h16-17H,5-15H2,1-4H3,(H2,20,21,22);1H. The van der Waals surface area contributed by atoms with E-state index in [0.717, 1.165) is 71.4 Å². The van der Waals surface area contributed by atoms with Crippen LogP contribution in [0.4, 0.5) is 0 Å². The Kier molecular flexibility index (Phi) is 12.6. The summed E-state index contributed by atoms with van der Waals surface area (Å²) in [5.74, 6) is 1.59. The topological polar surface area (TPSA) is 58.1 Å². The van der Waals surface area contributed by atoms with E-state index >= 15 is 0 Å². The molecule has 0 aromatic heterocycles. The Labute approximate surface area is 187 Å². The molecule has 160 valence electrons. The fourth-order valence-electron chi connectivity index (χ4n) is 3.72. The van der Waals surface area contributed by atoms with Crippen LogP contribution in [0.1, 0.15) is 33.1 Å². The average Bonchev–Trinajstić information content (AvgIpc) is 2.68. The third kappa shape index (κ3) is 8.64. The second-order valence-corrected chi connectivity index (χ2v) is 9.01. The lowest BCUT2D eigenvalue weighted by atomic mass is 9.99. The van der Waals surface area contributed by atoms with Crippen molar-refractivity contribution in [2.75, 3.05) is 65.9 Å². The van der Waals surface area contributed by atoms with Gasteiger partial charge in [0.15, 0.2) is 5.96 Å². The second kappa shape index (κ2) is 13.5. The number of guanidine groups is 1. The molecule has 0 radical (unpaired) electrons. The van der Waals surface area contributed by atoms with E-state index in [1.165, 1.54) is 6.42 Å². The van der Waals surface area contributed by atoms with Crippen molar-refractivity contribution in [1.82, 2.24) is 15.5 Å². The van der Waals surface area contributed by atoms with Crippen molar-refractivity contribution in [2.45, 2.75) is 43.9 Å². The Morgan fingerprint density at radius 1 is 1.11 bits per heavy atom. The van der Waals surface area contributed by atoms with E-state index in [2.05, 4.69) is 40.6 Å². The Hall–Kier alpha value is 0.230. The molecule has 0 aromatic carbocycles. The lowest BCUT2D eigenvalue weighted by Crippen LogP contribution is -2.52. The van der Waals surface area contributed by atoms with Gasteiger partial charge in [-0.1, -0.05) is 13.8 Å². The Balaban J connectivity index is 0.00000364. The fourth-order valence-corrected chi connectivity index (χ4v) is 4.52. The van der Waals surface area contributed by atoms with Gasteiger partial charge in [-0.2, -0.15) is 11.8 Å². The van der Waals surface area contributed by atoms with Crippen LogP contribution >= 0.6 is 35.7 Å². The number of nitrogens with one attached hydrogen (secondary N) is 2. The first-order valence-electron chi connectivity index (χ1n) is 9.98. The number of aliphatic imine (C=N–C) groups is 1. The van der Waals surface area contributed by atoms with Gasteiger partial charge < -0.3 is 20.1 Å². The summed E-state index contributed by atoms with van der Waals surface area (Å²) in [4.78, 5) is 7.01. The predicted octanol–water partition coefficient (Wildman–Crippen LogP) is 2.43. The maximum atomic E-state index is 5.54. The molecular formula is C19H39IN4O2S. The highest BCUT2D eigenvalue weighted by molar-refractivity contribution is 14.0. The summed E-state index contributed by atoms with van der Waals surface area (Å²) in [6, 6.07) is 0.523. The highest BCUT2D eigenvalue weighted by Gasteiger charge is 2.32. The molecule has 0 bridgehead atoms. The zero-order valence-electron chi connectivity index (χ0n) is 17.5. The number of morpholine rings is 1. The third-order valence-corrected chi connectivity index (χ3v) is 6.87. The molecule has 2 N–H and O–H groups in total. The number of thioether (sulfide) groups is 1. The molecule has 0 saturated carbocycles. The number of halogens is 1. The zero-order valence-corrected chi connectivity index (χ0v) is 20.6. The van der Waals surface area contributed by atoms with Crippen LogP contribution in [0.3, 0.4) is 0 Å². The molecule has 2 fully saturated rings. The van der Waals surface area contributed by atoms with Gasteiger partial charge in [-0.15, -0.1) is 24.0 Å². The first-order valence-corrected chi connectivity index (χ1v) is 11.2. The number of nitrogens with zero attached hydrogens (tertiary/aromatic N) is 2. The summed E-state index contributed by atoms with van der Waals surface area (Å²) in [6.45, 7) is 11.9. The summed E-state index contributed by atoms with van der Waals surface area (Å²) in [5, 5.41) is 7.13. The van der Waals surface area contributed by atoms with Crippen molar-refractivity contribution < 1.29 is 9.47 Å². The van der Waals surface area contributed by atoms with E-state index in [1.54, 1.807) is 0 Å². The van der Waals surface area contributed by atoms with E-state index in [-0.39, 0.29) is 28.7 Å². The van der Waals surface area contributed by atoms with Crippen molar-refractivity contribution in [2.24, 2.45) is 10.9 Å². The van der Waals surface area contributed by atoms with Gasteiger partial charge >= 0.3 is 0 Å². The van der Waals surface area contributed by atoms with Crippen molar-refractivity contribution in [1.29, 1.82) is 0 Å². The van der Waals surface area contributed by atoms with Crippen molar-refractivity contribution in [3.63, 3.8) is 0 Å². The first kappa shape index (κ1) is 25.3. The molecule has 2 rings (SSSR count).